The normalized spacial score (nSPS) is 14.8. The minimum Gasteiger partial charge on any atom is -0.507 e. The molecule has 0 fully saturated rings. The molecular weight excluding hydrogens is 560 g/mol. The van der Waals surface area contributed by atoms with Gasteiger partial charge in [0.1, 0.15) is 11.5 Å². The van der Waals surface area contributed by atoms with Crippen LogP contribution in [0.3, 0.4) is 0 Å². The number of phenols is 2. The Bertz CT molecular complexity index is 1500. The number of benzene rings is 3. The number of aliphatic imine (C=N–C) groups is 2. The van der Waals surface area contributed by atoms with Crippen LogP contribution in [-0.2, 0) is 21.7 Å². The number of rotatable bonds is 4. The van der Waals surface area contributed by atoms with Crippen molar-refractivity contribution in [2.45, 2.75) is 111 Å². The Kier molecular flexibility index (Phi) is 9.23. The summed E-state index contributed by atoms with van der Waals surface area (Å²) in [6, 6.07) is 11.9. The first-order valence-electron chi connectivity index (χ1n) is 15.9. The largest absolute Gasteiger partial charge is 0.507 e. The first-order chi connectivity index (χ1) is 20.7. The molecule has 6 heteroatoms. The fraction of sp³-hybridized carbons (Fsp3) is 0.487. The van der Waals surface area contributed by atoms with Crippen molar-refractivity contribution in [1.82, 2.24) is 0 Å². The smallest absolute Gasteiger partial charge is 0.163 e. The van der Waals surface area contributed by atoms with E-state index in [-0.39, 0.29) is 33.2 Å². The Morgan fingerprint density at radius 3 is 1.20 bits per heavy atom. The van der Waals surface area contributed by atoms with Crippen molar-refractivity contribution in [2.75, 3.05) is 13.2 Å². The van der Waals surface area contributed by atoms with Crippen molar-refractivity contribution >= 4 is 23.8 Å². The lowest BCUT2D eigenvalue weighted by molar-refractivity contribution is 0.297. The Hall–Kier alpha value is -3.80. The first kappa shape index (κ1) is 34.1. The number of hydrogen-bond acceptors (Lipinski definition) is 6. The van der Waals surface area contributed by atoms with Gasteiger partial charge in [0, 0.05) is 53.2 Å². The molecule has 0 atom stereocenters. The average Bonchev–Trinajstić information content (AvgIpc) is 3.13. The average molecular weight is 613 g/mol. The number of ether oxygens (including phenoxy) is 2. The molecule has 1 aliphatic heterocycles. The summed E-state index contributed by atoms with van der Waals surface area (Å²) in [5.74, 6) is 1.65. The second-order valence-electron chi connectivity index (χ2n) is 16.3. The summed E-state index contributed by atoms with van der Waals surface area (Å²) in [6.45, 7) is 26.7. The summed E-state index contributed by atoms with van der Waals surface area (Å²) in [7, 11) is 0. The van der Waals surface area contributed by atoms with E-state index >= 15 is 0 Å². The summed E-state index contributed by atoms with van der Waals surface area (Å²) >= 11 is 0. The van der Waals surface area contributed by atoms with Gasteiger partial charge < -0.3 is 19.7 Å². The first-order valence-corrected chi connectivity index (χ1v) is 15.9. The van der Waals surface area contributed by atoms with E-state index in [4.69, 9.17) is 19.5 Å². The molecule has 0 bridgehead atoms. The molecule has 4 rings (SSSR count). The maximum Gasteiger partial charge on any atom is 0.163 e. The van der Waals surface area contributed by atoms with Crippen LogP contribution in [0.5, 0.6) is 23.0 Å². The van der Waals surface area contributed by atoms with E-state index in [0.717, 1.165) is 28.7 Å². The van der Waals surface area contributed by atoms with Gasteiger partial charge in [-0.2, -0.15) is 0 Å². The zero-order valence-electron chi connectivity index (χ0n) is 29.3. The fourth-order valence-corrected chi connectivity index (χ4v) is 5.19. The third-order valence-corrected chi connectivity index (χ3v) is 8.16. The van der Waals surface area contributed by atoms with Crippen LogP contribution < -0.4 is 9.47 Å². The lowest BCUT2D eigenvalue weighted by Gasteiger charge is -2.27. The van der Waals surface area contributed by atoms with Gasteiger partial charge in [-0.05, 0) is 44.9 Å². The minimum absolute atomic E-state index is 0.115. The van der Waals surface area contributed by atoms with Crippen molar-refractivity contribution < 1.29 is 19.7 Å². The van der Waals surface area contributed by atoms with Crippen molar-refractivity contribution in [3.63, 3.8) is 0 Å². The van der Waals surface area contributed by atoms with Crippen LogP contribution in [0.4, 0.5) is 11.4 Å². The molecule has 0 saturated heterocycles. The monoisotopic (exact) mass is 612 g/mol. The van der Waals surface area contributed by atoms with Crippen molar-refractivity contribution in [3.8, 4) is 23.0 Å². The van der Waals surface area contributed by atoms with Gasteiger partial charge >= 0.3 is 0 Å². The van der Waals surface area contributed by atoms with Gasteiger partial charge in [-0.1, -0.05) is 95.2 Å². The van der Waals surface area contributed by atoms with E-state index in [1.807, 2.05) is 24.3 Å². The predicted octanol–water partition coefficient (Wildman–Crippen LogP) is 9.95. The Labute approximate surface area is 270 Å². The van der Waals surface area contributed by atoms with Crippen LogP contribution in [-0.4, -0.2) is 35.9 Å². The highest BCUT2D eigenvalue weighted by Crippen LogP contribution is 2.43. The molecule has 0 radical (unpaired) electrons. The fourth-order valence-electron chi connectivity index (χ4n) is 5.19. The number of aromatic hydroxyl groups is 2. The molecule has 3 aromatic rings. The van der Waals surface area contributed by atoms with Crippen LogP contribution in [0.2, 0.25) is 0 Å². The van der Waals surface area contributed by atoms with Crippen LogP contribution in [0.25, 0.3) is 0 Å². The lowest BCUT2D eigenvalue weighted by atomic mass is 9.79. The van der Waals surface area contributed by atoms with E-state index in [1.54, 1.807) is 12.4 Å². The van der Waals surface area contributed by atoms with E-state index in [2.05, 4.69) is 95.2 Å². The van der Waals surface area contributed by atoms with Gasteiger partial charge in [0.2, 0.25) is 0 Å². The number of nitrogens with zero attached hydrogens (tertiary/aromatic N) is 2. The molecule has 0 aliphatic carbocycles. The number of hydrogen-bond donors (Lipinski definition) is 2. The molecule has 1 aliphatic rings. The molecule has 3 aromatic carbocycles. The summed E-state index contributed by atoms with van der Waals surface area (Å²) in [6.07, 6.45) is 4.18. The quantitative estimate of drug-likeness (QED) is 0.287. The highest BCUT2D eigenvalue weighted by atomic mass is 16.5. The molecule has 0 aromatic heterocycles. The van der Waals surface area contributed by atoms with E-state index in [9.17, 15) is 10.2 Å². The van der Waals surface area contributed by atoms with Crippen LogP contribution in [0.1, 0.15) is 123 Å². The molecule has 0 amide bonds. The molecule has 242 valence electrons. The summed E-state index contributed by atoms with van der Waals surface area (Å²) in [5, 5.41) is 22.7. The summed E-state index contributed by atoms with van der Waals surface area (Å²) in [4.78, 5) is 9.75. The third kappa shape index (κ3) is 7.89. The second-order valence-corrected chi connectivity index (χ2v) is 16.3. The highest BCUT2D eigenvalue weighted by molar-refractivity contribution is 5.91. The lowest BCUT2D eigenvalue weighted by Crippen LogP contribution is -2.17. The van der Waals surface area contributed by atoms with Gasteiger partial charge in [-0.15, -0.1) is 0 Å². The van der Waals surface area contributed by atoms with E-state index < -0.39 is 0 Å². The van der Waals surface area contributed by atoms with Crippen molar-refractivity contribution in [1.29, 1.82) is 0 Å². The zero-order valence-corrected chi connectivity index (χ0v) is 29.3. The maximum absolute atomic E-state index is 11.4. The Morgan fingerprint density at radius 1 is 0.533 bits per heavy atom. The summed E-state index contributed by atoms with van der Waals surface area (Å²) in [5.41, 5.74) is 5.65. The summed E-state index contributed by atoms with van der Waals surface area (Å²) < 4.78 is 12.0. The molecule has 0 unspecified atom stereocenters. The predicted molar refractivity (Wildman–Crippen MR) is 188 cm³/mol. The maximum atomic E-state index is 11.4. The van der Waals surface area contributed by atoms with Crippen LogP contribution in [0.15, 0.2) is 46.4 Å². The van der Waals surface area contributed by atoms with Gasteiger partial charge in [0.05, 0.1) is 24.6 Å². The van der Waals surface area contributed by atoms with E-state index in [0.29, 0.717) is 47.2 Å². The number of phenolic OH excluding ortho intramolecular Hbond substituents is 2. The molecule has 1 heterocycles. The molecule has 2 N–H and O–H groups in total. The Balaban J connectivity index is 1.89. The van der Waals surface area contributed by atoms with Gasteiger partial charge in [0.15, 0.2) is 11.5 Å². The molecule has 45 heavy (non-hydrogen) atoms. The zero-order chi connectivity index (χ0) is 33.5. The Morgan fingerprint density at radius 2 is 0.889 bits per heavy atom. The van der Waals surface area contributed by atoms with Gasteiger partial charge in [0.25, 0.3) is 0 Å². The molecule has 0 spiro atoms. The molecule has 0 saturated carbocycles. The van der Waals surface area contributed by atoms with Gasteiger partial charge in [-0.3, -0.25) is 9.98 Å². The topological polar surface area (TPSA) is 83.6 Å². The van der Waals surface area contributed by atoms with Gasteiger partial charge in [-0.25, -0.2) is 0 Å². The second kappa shape index (κ2) is 12.2. The van der Waals surface area contributed by atoms with Crippen molar-refractivity contribution in [2.24, 2.45) is 9.98 Å². The molecular formula is C39H52N2O4. The minimum atomic E-state index is -0.256. The standard InChI is InChI=1S/C39H52N2O4/c1-36(2,3)26-16-24(34(42)28(18-26)38(7,8)9)22-40-30-20-32-33(45-15-13-14-44-32)21-31(30)41-23-25-17-27(37(4,5)6)19-29(35(25)43)39(10,11)12/h16-23,42-43H,13-15H2,1-12H3. The van der Waals surface area contributed by atoms with E-state index in [1.165, 1.54) is 0 Å². The SMILES string of the molecule is CC(C)(C)c1cc(C=Nc2cc3c(cc2N=Cc2cc(C(C)(C)C)cc(C(C)(C)C)c2O)OCCCO3)c(O)c(C(C)(C)C)c1. The highest BCUT2D eigenvalue weighted by Gasteiger charge is 2.26. The van der Waals surface area contributed by atoms with Crippen LogP contribution >= 0.6 is 0 Å². The third-order valence-electron chi connectivity index (χ3n) is 8.16. The number of fused-ring (bicyclic) bond motifs is 1. The van der Waals surface area contributed by atoms with Crippen molar-refractivity contribution in [3.05, 3.63) is 69.8 Å². The van der Waals surface area contributed by atoms with Crippen LogP contribution in [0, 0.1) is 0 Å². The molecule has 6 nitrogen and oxygen atoms in total.